The summed E-state index contributed by atoms with van der Waals surface area (Å²) in [4.78, 5) is 27.5. The van der Waals surface area contributed by atoms with E-state index in [9.17, 15) is 9.59 Å². The number of carbonyl (C=O) groups is 1. The monoisotopic (exact) mass is 428 g/mol. The molecule has 8 nitrogen and oxygen atoms in total. The Morgan fingerprint density at radius 1 is 1.37 bits per heavy atom. The zero-order valence-electron chi connectivity index (χ0n) is 17.2. The van der Waals surface area contributed by atoms with E-state index in [0.29, 0.717) is 29.3 Å². The number of nitrogens with one attached hydrogen (secondary N) is 1. The third kappa shape index (κ3) is 4.22. The Hall–Kier alpha value is -2.78. The highest BCUT2D eigenvalue weighted by molar-refractivity contribution is 7.15. The molecule has 2 unspecified atom stereocenters. The van der Waals surface area contributed by atoms with Gasteiger partial charge in [-0.25, -0.2) is 4.68 Å². The summed E-state index contributed by atoms with van der Waals surface area (Å²) < 4.78 is 12.2. The first-order valence-electron chi connectivity index (χ1n) is 9.96. The quantitative estimate of drug-likeness (QED) is 0.648. The normalized spacial score (nSPS) is 17.2. The average molecular weight is 429 g/mol. The van der Waals surface area contributed by atoms with Crippen molar-refractivity contribution in [1.82, 2.24) is 20.3 Å². The second-order valence-electron chi connectivity index (χ2n) is 7.49. The van der Waals surface area contributed by atoms with E-state index in [4.69, 9.17) is 9.26 Å². The molecule has 4 rings (SSSR count). The van der Waals surface area contributed by atoms with Crippen LogP contribution in [0, 0.1) is 13.8 Å². The number of amides is 1. The summed E-state index contributed by atoms with van der Waals surface area (Å²) in [7, 11) is 0. The number of thiophene rings is 1. The number of aromatic nitrogens is 3. The van der Waals surface area contributed by atoms with Crippen molar-refractivity contribution in [2.24, 2.45) is 0 Å². The fraction of sp³-hybridized carbons (Fsp3) is 0.429. The Morgan fingerprint density at radius 3 is 2.83 bits per heavy atom. The van der Waals surface area contributed by atoms with Crippen molar-refractivity contribution in [3.63, 3.8) is 0 Å². The van der Waals surface area contributed by atoms with Crippen LogP contribution in [0.3, 0.4) is 0 Å². The third-order valence-corrected chi connectivity index (χ3v) is 6.11. The summed E-state index contributed by atoms with van der Waals surface area (Å²) in [6.07, 6.45) is 1.97. The fourth-order valence-electron chi connectivity index (χ4n) is 3.45. The molecule has 1 aliphatic heterocycles. The van der Waals surface area contributed by atoms with Gasteiger partial charge in [-0.2, -0.15) is 5.10 Å². The minimum absolute atomic E-state index is 0.0348. The van der Waals surface area contributed by atoms with Crippen LogP contribution < -0.4 is 10.9 Å². The van der Waals surface area contributed by atoms with Crippen molar-refractivity contribution in [3.05, 3.63) is 45.2 Å². The van der Waals surface area contributed by atoms with Crippen LogP contribution in [0.1, 0.15) is 36.4 Å². The van der Waals surface area contributed by atoms with Gasteiger partial charge in [0, 0.05) is 30.2 Å². The molecule has 1 N–H and O–H groups in total. The molecule has 9 heteroatoms. The van der Waals surface area contributed by atoms with E-state index < -0.39 is 6.04 Å². The van der Waals surface area contributed by atoms with E-state index in [1.165, 1.54) is 10.7 Å². The summed E-state index contributed by atoms with van der Waals surface area (Å²) in [6, 6.07) is 6.41. The lowest BCUT2D eigenvalue weighted by Crippen LogP contribution is -2.40. The van der Waals surface area contributed by atoms with Crippen molar-refractivity contribution in [2.45, 2.75) is 45.8 Å². The molecular formula is C21H24N4O4S. The molecule has 1 aliphatic rings. The predicted molar refractivity (Wildman–Crippen MR) is 113 cm³/mol. The Bertz CT molecular complexity index is 1110. The molecule has 0 spiro atoms. The SMILES string of the molecule is Cc1cc(-c2cc(=O)n(C(C)C(=O)NCC3CCCO3)nc2-c2ccc(C)s2)on1. The summed E-state index contributed by atoms with van der Waals surface area (Å²) in [5, 5.41) is 11.4. The smallest absolute Gasteiger partial charge is 0.268 e. The van der Waals surface area contributed by atoms with E-state index in [2.05, 4.69) is 15.6 Å². The lowest BCUT2D eigenvalue weighted by molar-refractivity contribution is -0.124. The van der Waals surface area contributed by atoms with Crippen LogP contribution in [0.5, 0.6) is 0 Å². The van der Waals surface area contributed by atoms with Crippen LogP contribution in [0.4, 0.5) is 0 Å². The van der Waals surface area contributed by atoms with Gasteiger partial charge in [0.05, 0.1) is 22.2 Å². The van der Waals surface area contributed by atoms with E-state index in [0.717, 1.165) is 29.2 Å². The Balaban J connectivity index is 1.68. The first-order valence-corrected chi connectivity index (χ1v) is 10.8. The van der Waals surface area contributed by atoms with Crippen molar-refractivity contribution in [2.75, 3.05) is 13.2 Å². The lowest BCUT2D eigenvalue weighted by Gasteiger charge is -2.17. The van der Waals surface area contributed by atoms with Crippen LogP contribution in [-0.2, 0) is 9.53 Å². The fourth-order valence-corrected chi connectivity index (χ4v) is 4.31. The van der Waals surface area contributed by atoms with E-state index in [1.807, 2.05) is 26.0 Å². The molecule has 0 aliphatic carbocycles. The predicted octanol–water partition coefficient (Wildman–Crippen LogP) is 3.10. The first-order chi connectivity index (χ1) is 14.4. The van der Waals surface area contributed by atoms with Gasteiger partial charge in [0.2, 0.25) is 5.91 Å². The molecule has 158 valence electrons. The van der Waals surface area contributed by atoms with Gasteiger partial charge in [-0.3, -0.25) is 9.59 Å². The van der Waals surface area contributed by atoms with Crippen LogP contribution in [-0.4, -0.2) is 40.1 Å². The molecule has 4 heterocycles. The molecule has 2 atom stereocenters. The molecule has 1 fully saturated rings. The standard InChI is InChI=1S/C21H24N4O4S/c1-12-9-17(29-24-12)16-10-19(26)25(23-20(16)18-7-6-13(2)30-18)14(3)21(27)22-11-15-5-4-8-28-15/h6-7,9-10,14-15H,4-5,8,11H2,1-3H3,(H,22,27). The highest BCUT2D eigenvalue weighted by atomic mass is 32.1. The maximum atomic E-state index is 12.9. The lowest BCUT2D eigenvalue weighted by atomic mass is 10.1. The number of hydrogen-bond donors (Lipinski definition) is 1. The Labute approximate surface area is 177 Å². The summed E-state index contributed by atoms with van der Waals surface area (Å²) in [5.74, 6) is 0.206. The molecule has 1 amide bonds. The topological polar surface area (TPSA) is 99.2 Å². The average Bonchev–Trinajstić information content (AvgIpc) is 3.48. The minimum Gasteiger partial charge on any atom is -0.376 e. The van der Waals surface area contributed by atoms with Crippen LogP contribution in [0.2, 0.25) is 0 Å². The van der Waals surface area contributed by atoms with E-state index in [-0.39, 0.29) is 17.6 Å². The van der Waals surface area contributed by atoms with Crippen molar-refractivity contribution in [3.8, 4) is 21.9 Å². The van der Waals surface area contributed by atoms with Gasteiger partial charge in [0.25, 0.3) is 5.56 Å². The van der Waals surface area contributed by atoms with Gasteiger partial charge >= 0.3 is 0 Å². The number of hydrogen-bond acceptors (Lipinski definition) is 7. The second-order valence-corrected chi connectivity index (χ2v) is 8.78. The Kier molecular flexibility index (Phi) is 5.83. The number of carbonyl (C=O) groups excluding carboxylic acids is 1. The molecule has 3 aromatic rings. The molecule has 1 saturated heterocycles. The van der Waals surface area contributed by atoms with E-state index >= 15 is 0 Å². The van der Waals surface area contributed by atoms with Crippen molar-refractivity contribution < 1.29 is 14.1 Å². The molecule has 3 aromatic heterocycles. The van der Waals surface area contributed by atoms with E-state index in [1.54, 1.807) is 24.3 Å². The Morgan fingerprint density at radius 2 is 2.20 bits per heavy atom. The van der Waals surface area contributed by atoms with Gasteiger partial charge in [-0.05, 0) is 45.7 Å². The zero-order chi connectivity index (χ0) is 21.3. The van der Waals surface area contributed by atoms with Crippen LogP contribution >= 0.6 is 11.3 Å². The number of ether oxygens (including phenoxy) is 1. The van der Waals surface area contributed by atoms with Crippen molar-refractivity contribution in [1.29, 1.82) is 0 Å². The third-order valence-electron chi connectivity index (χ3n) is 5.10. The molecule has 0 bridgehead atoms. The maximum Gasteiger partial charge on any atom is 0.268 e. The number of aryl methyl sites for hydroxylation is 2. The van der Waals surface area contributed by atoms with Gasteiger partial charge in [0.1, 0.15) is 11.7 Å². The largest absolute Gasteiger partial charge is 0.376 e. The highest BCUT2D eigenvalue weighted by Gasteiger charge is 2.24. The van der Waals surface area contributed by atoms with Crippen molar-refractivity contribution >= 4 is 17.2 Å². The van der Waals surface area contributed by atoms with Crippen LogP contribution in [0.25, 0.3) is 21.9 Å². The second kappa shape index (κ2) is 8.53. The molecular weight excluding hydrogens is 404 g/mol. The minimum atomic E-state index is -0.760. The summed E-state index contributed by atoms with van der Waals surface area (Å²) in [6.45, 7) is 6.65. The summed E-state index contributed by atoms with van der Waals surface area (Å²) in [5.41, 5.74) is 1.48. The molecule has 0 aromatic carbocycles. The maximum absolute atomic E-state index is 12.9. The van der Waals surface area contributed by atoms with Gasteiger partial charge in [-0.1, -0.05) is 5.16 Å². The molecule has 30 heavy (non-hydrogen) atoms. The molecule has 0 radical (unpaired) electrons. The summed E-state index contributed by atoms with van der Waals surface area (Å²) >= 11 is 1.56. The van der Waals surface area contributed by atoms with Gasteiger partial charge in [-0.15, -0.1) is 11.3 Å². The van der Waals surface area contributed by atoms with Gasteiger partial charge < -0.3 is 14.6 Å². The van der Waals surface area contributed by atoms with Gasteiger partial charge in [0.15, 0.2) is 5.76 Å². The van der Waals surface area contributed by atoms with Crippen LogP contribution in [0.15, 0.2) is 33.6 Å². The first kappa shape index (κ1) is 20.5. The highest BCUT2D eigenvalue weighted by Crippen LogP contribution is 2.34. The zero-order valence-corrected chi connectivity index (χ0v) is 18.0. The number of nitrogens with zero attached hydrogens (tertiary/aromatic N) is 3. The number of rotatable bonds is 6. The molecule has 0 saturated carbocycles.